The molecular formula is C18H25ClN4O5. The molecule has 1 aromatic heterocycles. The van der Waals surface area contributed by atoms with Crippen LogP contribution in [0.15, 0.2) is 6.20 Å². The molecule has 0 aliphatic carbocycles. The molecule has 154 valence electrons. The van der Waals surface area contributed by atoms with Gasteiger partial charge in [0.05, 0.1) is 36.4 Å². The number of halogens is 1. The topological polar surface area (TPSA) is 94.0 Å². The van der Waals surface area contributed by atoms with E-state index in [4.69, 9.17) is 21.1 Å². The smallest absolute Gasteiger partial charge is 0.302 e. The molecule has 2 amide bonds. The maximum atomic E-state index is 13.3. The summed E-state index contributed by atoms with van der Waals surface area (Å²) in [5, 5.41) is 4.28. The van der Waals surface area contributed by atoms with E-state index in [0.717, 1.165) is 0 Å². The van der Waals surface area contributed by atoms with Crippen LogP contribution >= 0.6 is 11.6 Å². The number of carbonyl (C=O) groups excluding carboxylic acids is 3. The van der Waals surface area contributed by atoms with Gasteiger partial charge in [0.2, 0.25) is 5.91 Å². The fourth-order valence-electron chi connectivity index (χ4n) is 3.86. The van der Waals surface area contributed by atoms with Gasteiger partial charge in [-0.15, -0.1) is 0 Å². The van der Waals surface area contributed by atoms with E-state index in [9.17, 15) is 14.4 Å². The van der Waals surface area contributed by atoms with E-state index in [1.165, 1.54) is 17.8 Å². The third-order valence-corrected chi connectivity index (χ3v) is 5.60. The van der Waals surface area contributed by atoms with Gasteiger partial charge in [-0.2, -0.15) is 5.10 Å². The molecule has 28 heavy (non-hydrogen) atoms. The number of morpholine rings is 1. The van der Waals surface area contributed by atoms with Gasteiger partial charge in [-0.3, -0.25) is 19.1 Å². The molecule has 3 heterocycles. The lowest BCUT2D eigenvalue weighted by molar-refractivity contribution is -0.148. The first-order chi connectivity index (χ1) is 13.3. The third kappa shape index (κ3) is 4.15. The highest BCUT2D eigenvalue weighted by molar-refractivity contribution is 6.33. The van der Waals surface area contributed by atoms with Crippen LogP contribution in [0.2, 0.25) is 5.02 Å². The van der Waals surface area contributed by atoms with E-state index >= 15 is 0 Å². The van der Waals surface area contributed by atoms with Crippen molar-refractivity contribution < 1.29 is 23.9 Å². The standard InChI is InChI=1S/C18H25ClN4O5/c1-13(24)28-12-18(10-15(25)22-6-8-27-9-7-22)4-3-5-23(18)17(26)16-14(19)11-20-21(16)2/h11H,3-10,12H2,1-2H3. The van der Waals surface area contributed by atoms with Crippen LogP contribution in [0.1, 0.15) is 36.7 Å². The summed E-state index contributed by atoms with van der Waals surface area (Å²) in [6.45, 7) is 3.77. The van der Waals surface area contributed by atoms with Crippen LogP contribution in [-0.4, -0.2) is 82.4 Å². The van der Waals surface area contributed by atoms with Crippen molar-refractivity contribution in [2.24, 2.45) is 7.05 Å². The molecule has 3 rings (SSSR count). The van der Waals surface area contributed by atoms with Crippen LogP contribution in [0.5, 0.6) is 0 Å². The van der Waals surface area contributed by atoms with Crippen molar-refractivity contribution in [1.29, 1.82) is 0 Å². The Balaban J connectivity index is 1.87. The monoisotopic (exact) mass is 412 g/mol. The summed E-state index contributed by atoms with van der Waals surface area (Å²) < 4.78 is 12.0. The van der Waals surface area contributed by atoms with Crippen LogP contribution in [0.3, 0.4) is 0 Å². The van der Waals surface area contributed by atoms with Crippen molar-refractivity contribution in [2.45, 2.75) is 31.7 Å². The number of likely N-dealkylation sites (tertiary alicyclic amines) is 1. The predicted octanol–water partition coefficient (Wildman–Crippen LogP) is 0.860. The summed E-state index contributed by atoms with van der Waals surface area (Å²) in [7, 11) is 1.64. The van der Waals surface area contributed by atoms with Gasteiger partial charge in [0.1, 0.15) is 12.3 Å². The average Bonchev–Trinajstić information content (AvgIpc) is 3.24. The van der Waals surface area contributed by atoms with E-state index in [0.29, 0.717) is 45.7 Å². The lowest BCUT2D eigenvalue weighted by Gasteiger charge is -2.39. The Bertz CT molecular complexity index is 742. The number of hydrogen-bond acceptors (Lipinski definition) is 6. The van der Waals surface area contributed by atoms with Crippen molar-refractivity contribution in [2.75, 3.05) is 39.5 Å². The minimum Gasteiger partial charge on any atom is -0.463 e. The normalized spacial score (nSPS) is 22.4. The molecular weight excluding hydrogens is 388 g/mol. The second kappa shape index (κ2) is 8.48. The minimum absolute atomic E-state index is 0.0282. The molecule has 2 fully saturated rings. The Morgan fingerprint density at radius 3 is 2.61 bits per heavy atom. The van der Waals surface area contributed by atoms with E-state index in [1.807, 2.05) is 0 Å². The fraction of sp³-hybridized carbons (Fsp3) is 0.667. The Morgan fingerprint density at radius 2 is 2.00 bits per heavy atom. The first-order valence-corrected chi connectivity index (χ1v) is 9.70. The zero-order valence-corrected chi connectivity index (χ0v) is 16.9. The van der Waals surface area contributed by atoms with Gasteiger partial charge in [-0.1, -0.05) is 11.6 Å². The Morgan fingerprint density at radius 1 is 1.29 bits per heavy atom. The molecule has 0 radical (unpaired) electrons. The number of esters is 1. The highest BCUT2D eigenvalue weighted by Gasteiger charge is 2.48. The molecule has 0 bridgehead atoms. The first-order valence-electron chi connectivity index (χ1n) is 9.32. The predicted molar refractivity (Wildman–Crippen MR) is 99.9 cm³/mol. The molecule has 2 aliphatic heterocycles. The molecule has 1 aromatic rings. The van der Waals surface area contributed by atoms with Gasteiger partial charge in [0, 0.05) is 33.6 Å². The number of ether oxygens (including phenoxy) is 2. The zero-order chi connectivity index (χ0) is 20.3. The second-order valence-electron chi connectivity index (χ2n) is 7.20. The molecule has 0 aromatic carbocycles. The maximum Gasteiger partial charge on any atom is 0.302 e. The summed E-state index contributed by atoms with van der Waals surface area (Å²) >= 11 is 6.16. The van der Waals surface area contributed by atoms with Crippen molar-refractivity contribution >= 4 is 29.4 Å². The lowest BCUT2D eigenvalue weighted by atomic mass is 9.91. The van der Waals surface area contributed by atoms with Gasteiger partial charge in [0.15, 0.2) is 0 Å². The zero-order valence-electron chi connectivity index (χ0n) is 16.1. The Kier molecular flexibility index (Phi) is 6.24. The van der Waals surface area contributed by atoms with Crippen LogP contribution in [0.25, 0.3) is 0 Å². The largest absolute Gasteiger partial charge is 0.463 e. The number of rotatable bonds is 5. The van der Waals surface area contributed by atoms with Gasteiger partial charge in [-0.25, -0.2) is 0 Å². The molecule has 0 N–H and O–H groups in total. The molecule has 9 nitrogen and oxygen atoms in total. The highest BCUT2D eigenvalue weighted by atomic mass is 35.5. The second-order valence-corrected chi connectivity index (χ2v) is 7.61. The van der Waals surface area contributed by atoms with Gasteiger partial charge >= 0.3 is 5.97 Å². The number of hydrogen-bond donors (Lipinski definition) is 0. The number of carbonyl (C=O) groups is 3. The van der Waals surface area contributed by atoms with Crippen LogP contribution in [-0.2, 0) is 26.1 Å². The summed E-state index contributed by atoms with van der Waals surface area (Å²) in [4.78, 5) is 41.0. The minimum atomic E-state index is -0.897. The summed E-state index contributed by atoms with van der Waals surface area (Å²) in [5.41, 5.74) is -0.638. The summed E-state index contributed by atoms with van der Waals surface area (Å²) in [6.07, 6.45) is 2.77. The molecule has 2 aliphatic rings. The third-order valence-electron chi connectivity index (χ3n) is 5.33. The molecule has 0 spiro atoms. The number of amides is 2. The van der Waals surface area contributed by atoms with Gasteiger partial charge in [-0.05, 0) is 12.8 Å². The molecule has 10 heteroatoms. The number of nitrogens with zero attached hydrogens (tertiary/aromatic N) is 4. The van der Waals surface area contributed by atoms with Gasteiger partial charge < -0.3 is 19.3 Å². The fourth-order valence-corrected chi connectivity index (χ4v) is 4.11. The lowest BCUT2D eigenvalue weighted by Crippen LogP contribution is -2.55. The average molecular weight is 413 g/mol. The highest BCUT2D eigenvalue weighted by Crippen LogP contribution is 2.36. The van der Waals surface area contributed by atoms with Crippen molar-refractivity contribution in [3.8, 4) is 0 Å². The van der Waals surface area contributed by atoms with E-state index < -0.39 is 11.5 Å². The molecule has 0 saturated carbocycles. The SMILES string of the molecule is CC(=O)OCC1(CC(=O)N2CCOCC2)CCCN1C(=O)c1c(Cl)cnn1C. The van der Waals surface area contributed by atoms with Crippen LogP contribution < -0.4 is 0 Å². The van der Waals surface area contributed by atoms with E-state index in [1.54, 1.807) is 16.8 Å². The van der Waals surface area contributed by atoms with E-state index in [2.05, 4.69) is 5.10 Å². The van der Waals surface area contributed by atoms with Crippen LogP contribution in [0.4, 0.5) is 0 Å². The summed E-state index contributed by atoms with van der Waals surface area (Å²) in [6, 6.07) is 0. The van der Waals surface area contributed by atoms with Gasteiger partial charge in [0.25, 0.3) is 5.91 Å². The Labute approximate surface area is 168 Å². The van der Waals surface area contributed by atoms with Crippen molar-refractivity contribution in [3.05, 3.63) is 16.9 Å². The van der Waals surface area contributed by atoms with Crippen molar-refractivity contribution in [3.63, 3.8) is 0 Å². The van der Waals surface area contributed by atoms with Crippen LogP contribution in [0, 0.1) is 0 Å². The van der Waals surface area contributed by atoms with E-state index in [-0.39, 0.29) is 35.6 Å². The number of aryl methyl sites for hydroxylation is 1. The first kappa shape index (κ1) is 20.6. The quantitative estimate of drug-likeness (QED) is 0.666. The maximum absolute atomic E-state index is 13.3. The van der Waals surface area contributed by atoms with Crippen molar-refractivity contribution in [1.82, 2.24) is 19.6 Å². The molecule has 2 saturated heterocycles. The number of aromatic nitrogens is 2. The molecule has 1 unspecified atom stereocenters. The summed E-state index contributed by atoms with van der Waals surface area (Å²) in [5.74, 6) is -0.841. The molecule has 1 atom stereocenters. The Hall–Kier alpha value is -2.13.